The zero-order valence-electron chi connectivity index (χ0n) is 15.9. The molecule has 2 saturated heterocycles. The van der Waals surface area contributed by atoms with Crippen LogP contribution in [0.5, 0.6) is 0 Å². The average Bonchev–Trinajstić information content (AvgIpc) is 3.40. The van der Waals surface area contributed by atoms with Gasteiger partial charge in [-0.15, -0.1) is 0 Å². The maximum absolute atomic E-state index is 12.6. The van der Waals surface area contributed by atoms with Gasteiger partial charge in [0.25, 0.3) is 0 Å². The van der Waals surface area contributed by atoms with Crippen LogP contribution in [0.1, 0.15) is 37.7 Å². The van der Waals surface area contributed by atoms with Gasteiger partial charge in [-0.1, -0.05) is 48.5 Å². The third kappa shape index (κ3) is 3.52. The van der Waals surface area contributed by atoms with Gasteiger partial charge in [0.2, 0.25) is 5.91 Å². The lowest BCUT2D eigenvalue weighted by atomic mass is 9.93. The summed E-state index contributed by atoms with van der Waals surface area (Å²) in [7, 11) is -2.98. The van der Waals surface area contributed by atoms with E-state index < -0.39 is 9.84 Å². The summed E-state index contributed by atoms with van der Waals surface area (Å²) in [5.74, 6) is 1.75. The Bertz CT molecular complexity index is 899. The van der Waals surface area contributed by atoms with Crippen LogP contribution in [0.2, 0.25) is 0 Å². The molecule has 0 unspecified atom stereocenters. The second kappa shape index (κ2) is 7.17. The molecule has 7 heteroatoms. The van der Waals surface area contributed by atoms with Gasteiger partial charge in [-0.25, -0.2) is 8.42 Å². The van der Waals surface area contributed by atoms with Gasteiger partial charge in [-0.05, 0) is 43.1 Å². The molecule has 2 saturated carbocycles. The van der Waals surface area contributed by atoms with Gasteiger partial charge in [0.15, 0.2) is 15.0 Å². The van der Waals surface area contributed by atoms with E-state index >= 15 is 0 Å². The quantitative estimate of drug-likeness (QED) is 0.752. The van der Waals surface area contributed by atoms with Crippen LogP contribution in [-0.4, -0.2) is 53.2 Å². The number of hydrogen-bond donors (Lipinski definition) is 0. The predicted octanol–water partition coefficient (Wildman–Crippen LogP) is 2.90. The van der Waals surface area contributed by atoms with Crippen LogP contribution in [0.3, 0.4) is 0 Å². The van der Waals surface area contributed by atoms with E-state index in [1.54, 1.807) is 0 Å². The lowest BCUT2D eigenvalue weighted by Gasteiger charge is -2.36. The minimum atomic E-state index is -2.98. The summed E-state index contributed by atoms with van der Waals surface area (Å²) in [6.07, 6.45) is 6.01. The number of fused-ring (bicyclic) bond motifs is 3. The number of aryl methyl sites for hydroxylation is 1. The van der Waals surface area contributed by atoms with Crippen LogP contribution in [0.25, 0.3) is 0 Å². The number of carbonyl (C=O) groups excluding carboxylic acids is 1. The van der Waals surface area contributed by atoms with E-state index in [1.165, 1.54) is 31.0 Å². The minimum absolute atomic E-state index is 0.0000216. The van der Waals surface area contributed by atoms with Crippen LogP contribution in [0.4, 0.5) is 0 Å². The molecule has 4 fully saturated rings. The number of rotatable bonds is 4. The number of benzene rings is 1. The lowest BCUT2D eigenvalue weighted by molar-refractivity contribution is -0.117. The summed E-state index contributed by atoms with van der Waals surface area (Å²) < 4.78 is 24.4. The third-order valence-electron chi connectivity index (χ3n) is 6.86. The molecule has 5 atom stereocenters. The molecule has 1 aromatic rings. The van der Waals surface area contributed by atoms with Gasteiger partial charge in [0.05, 0.1) is 17.5 Å². The molecule has 150 valence electrons. The number of aliphatic imine (C=N–C) groups is 1. The normalized spacial score (nSPS) is 36.9. The van der Waals surface area contributed by atoms with E-state index in [2.05, 4.69) is 9.89 Å². The van der Waals surface area contributed by atoms with E-state index in [9.17, 15) is 13.2 Å². The van der Waals surface area contributed by atoms with Crippen molar-refractivity contribution in [3.05, 3.63) is 35.9 Å². The number of sulfone groups is 1. The van der Waals surface area contributed by atoms with Crippen LogP contribution in [-0.2, 0) is 21.1 Å². The monoisotopic (exact) mass is 418 g/mol. The van der Waals surface area contributed by atoms with Crippen LogP contribution < -0.4 is 0 Å². The van der Waals surface area contributed by atoms with Crippen molar-refractivity contribution in [1.82, 2.24) is 4.90 Å². The molecule has 5 nitrogen and oxygen atoms in total. The molecule has 0 N–H and O–H groups in total. The van der Waals surface area contributed by atoms with Crippen molar-refractivity contribution >= 4 is 32.7 Å². The Hall–Kier alpha value is -1.34. The first-order valence-corrected chi connectivity index (χ1v) is 13.0. The highest BCUT2D eigenvalue weighted by Gasteiger charge is 2.54. The highest BCUT2D eigenvalue weighted by Crippen LogP contribution is 2.51. The summed E-state index contributed by atoms with van der Waals surface area (Å²) in [4.78, 5) is 19.4. The fourth-order valence-electron chi connectivity index (χ4n) is 5.59. The van der Waals surface area contributed by atoms with Gasteiger partial charge >= 0.3 is 0 Å². The Labute approximate surface area is 170 Å². The van der Waals surface area contributed by atoms with E-state index in [0.717, 1.165) is 23.1 Å². The fraction of sp³-hybridized carbons (Fsp3) is 0.619. The number of amides is 1. The average molecular weight is 419 g/mol. The molecule has 2 bridgehead atoms. The number of thioether (sulfide) groups is 1. The molecule has 2 aliphatic heterocycles. The molecule has 0 radical (unpaired) electrons. The topological polar surface area (TPSA) is 66.8 Å². The Morgan fingerprint density at radius 3 is 2.64 bits per heavy atom. The summed E-state index contributed by atoms with van der Waals surface area (Å²) >= 11 is 1.53. The van der Waals surface area contributed by atoms with Crippen molar-refractivity contribution < 1.29 is 13.2 Å². The van der Waals surface area contributed by atoms with Crippen molar-refractivity contribution in [3.8, 4) is 0 Å². The van der Waals surface area contributed by atoms with Crippen molar-refractivity contribution in [2.24, 2.45) is 16.8 Å². The minimum Gasteiger partial charge on any atom is -0.343 e. The van der Waals surface area contributed by atoms with E-state index in [-0.39, 0.29) is 28.7 Å². The van der Waals surface area contributed by atoms with E-state index in [0.29, 0.717) is 24.8 Å². The Kier molecular flexibility index (Phi) is 4.78. The second-order valence-electron chi connectivity index (χ2n) is 8.72. The van der Waals surface area contributed by atoms with Gasteiger partial charge in [-0.3, -0.25) is 4.79 Å². The molecule has 1 aromatic carbocycles. The smallest absolute Gasteiger partial charge is 0.248 e. The van der Waals surface area contributed by atoms with E-state index in [1.807, 2.05) is 30.3 Å². The lowest BCUT2D eigenvalue weighted by Crippen LogP contribution is -2.47. The third-order valence-corrected chi connectivity index (χ3v) is 10.1. The van der Waals surface area contributed by atoms with Crippen molar-refractivity contribution in [3.63, 3.8) is 0 Å². The number of carbonyl (C=O) groups is 1. The Morgan fingerprint density at radius 2 is 1.93 bits per heavy atom. The maximum atomic E-state index is 12.6. The van der Waals surface area contributed by atoms with Crippen molar-refractivity contribution in [2.75, 3.05) is 11.5 Å². The van der Waals surface area contributed by atoms with Gasteiger partial charge in [-0.2, -0.15) is 4.99 Å². The first-order chi connectivity index (χ1) is 13.5. The number of amidine groups is 1. The molecular formula is C21H26N2O3S2. The van der Waals surface area contributed by atoms with Gasteiger partial charge in [0.1, 0.15) is 0 Å². The Morgan fingerprint density at radius 1 is 1.11 bits per heavy atom. The predicted molar refractivity (Wildman–Crippen MR) is 112 cm³/mol. The van der Waals surface area contributed by atoms with Crippen LogP contribution in [0, 0.1) is 11.8 Å². The molecule has 0 aromatic heterocycles. The molecule has 1 amide bonds. The van der Waals surface area contributed by atoms with Gasteiger partial charge < -0.3 is 4.90 Å². The molecule has 4 aliphatic rings. The molecule has 5 rings (SSSR count). The number of nitrogens with zero attached hydrogens (tertiary/aromatic N) is 2. The molecule has 28 heavy (non-hydrogen) atoms. The summed E-state index contributed by atoms with van der Waals surface area (Å²) in [5, 5.41) is 0.824. The molecule has 0 spiro atoms. The van der Waals surface area contributed by atoms with Crippen molar-refractivity contribution in [2.45, 2.75) is 55.9 Å². The second-order valence-corrected chi connectivity index (χ2v) is 12.1. The SMILES string of the molecule is O=C(CCc1ccccc1)N=C1S[C@@H]2CS(=O)(=O)C[C@@H]2N1[C@@H]1C[C@@H]2CC[C@@H]1C2. The first-order valence-electron chi connectivity index (χ1n) is 10.3. The summed E-state index contributed by atoms with van der Waals surface area (Å²) in [6, 6.07) is 10.4. The molecular weight excluding hydrogens is 392 g/mol. The summed E-state index contributed by atoms with van der Waals surface area (Å²) in [6.45, 7) is 0. The van der Waals surface area contributed by atoms with Crippen molar-refractivity contribution in [1.29, 1.82) is 0 Å². The highest BCUT2D eigenvalue weighted by molar-refractivity contribution is 8.15. The van der Waals surface area contributed by atoms with E-state index in [4.69, 9.17) is 0 Å². The zero-order chi connectivity index (χ0) is 19.3. The summed E-state index contributed by atoms with van der Waals surface area (Å²) in [5.41, 5.74) is 1.14. The first kappa shape index (κ1) is 18.7. The highest BCUT2D eigenvalue weighted by atomic mass is 32.2. The van der Waals surface area contributed by atoms with Gasteiger partial charge in [0, 0.05) is 17.7 Å². The molecule has 2 heterocycles. The largest absolute Gasteiger partial charge is 0.343 e. The zero-order valence-corrected chi connectivity index (χ0v) is 17.5. The fourth-order valence-corrected chi connectivity index (χ4v) is 9.58. The van der Waals surface area contributed by atoms with Crippen LogP contribution >= 0.6 is 11.8 Å². The maximum Gasteiger partial charge on any atom is 0.248 e. The Balaban J connectivity index is 1.35. The molecule has 2 aliphatic carbocycles. The standard InChI is InChI=1S/C21H26N2O3S2/c24-20(9-7-14-4-2-1-3-5-14)22-21-23(17-11-15-6-8-16(17)10-15)18-12-28(25,26)13-19(18)27-21/h1-5,15-19H,6-13H2/t15-,16-,17-,18+,19-/m1/s1. The number of hydrogen-bond acceptors (Lipinski definition) is 4. The van der Waals surface area contributed by atoms with Crippen LogP contribution in [0.15, 0.2) is 35.3 Å².